The van der Waals surface area contributed by atoms with Crippen LogP contribution in [0.15, 0.2) is 21.1 Å². The van der Waals surface area contributed by atoms with E-state index in [0.29, 0.717) is 6.61 Å². The molecule has 0 bridgehead atoms. The lowest BCUT2D eigenvalue weighted by molar-refractivity contribution is 0.143. The Morgan fingerprint density at radius 1 is 1.29 bits per heavy atom. The number of hydrogen-bond acceptors (Lipinski definition) is 1. The number of alkyl halides is 1. The zero-order valence-electron chi connectivity index (χ0n) is 7.40. The number of halogens is 3. The molecule has 1 unspecified atom stereocenters. The number of benzene rings is 1. The summed E-state index contributed by atoms with van der Waals surface area (Å²) in [5, 5.41) is -0.0561. The Bertz CT molecular complexity index is 354. The van der Waals surface area contributed by atoms with Gasteiger partial charge in [0.05, 0.1) is 18.6 Å². The maximum atomic E-state index is 6.25. The van der Waals surface area contributed by atoms with Crippen LogP contribution in [0.3, 0.4) is 0 Å². The Hall–Kier alpha value is 0.430. The zero-order valence-corrected chi connectivity index (χ0v) is 11.3. The van der Waals surface area contributed by atoms with E-state index >= 15 is 0 Å². The fraction of sp³-hybridized carbons (Fsp3) is 0.400. The van der Waals surface area contributed by atoms with Gasteiger partial charge in [0.2, 0.25) is 0 Å². The largest absolute Gasteiger partial charge is 0.379 e. The van der Waals surface area contributed by atoms with E-state index in [9.17, 15) is 0 Å². The van der Waals surface area contributed by atoms with E-state index < -0.39 is 0 Å². The predicted octanol–water partition coefficient (Wildman–Crippen LogP) is 4.06. The predicted molar refractivity (Wildman–Crippen MR) is 65.0 cm³/mol. The first kappa shape index (κ1) is 10.9. The molecule has 1 nitrogen and oxygen atoms in total. The Balaban J connectivity index is 2.57. The van der Waals surface area contributed by atoms with Gasteiger partial charge >= 0.3 is 0 Å². The second kappa shape index (κ2) is 4.52. The summed E-state index contributed by atoms with van der Waals surface area (Å²) in [5.41, 5.74) is 2.43. The van der Waals surface area contributed by atoms with Gasteiger partial charge in [-0.2, -0.15) is 0 Å². The molecule has 14 heavy (non-hydrogen) atoms. The fourth-order valence-corrected chi connectivity index (χ4v) is 3.31. The standard InChI is InChI=1S/C10H9Br2ClO/c11-7-1-2-8(12)10-6(7)3-4-14-5-9(10)13/h1-2,9H,3-5H2. The van der Waals surface area contributed by atoms with E-state index in [1.165, 1.54) is 11.1 Å². The Labute approximate surface area is 105 Å². The lowest BCUT2D eigenvalue weighted by Crippen LogP contribution is -2.00. The zero-order chi connectivity index (χ0) is 10.1. The number of fused-ring (bicyclic) bond motifs is 1. The Morgan fingerprint density at radius 2 is 2.00 bits per heavy atom. The van der Waals surface area contributed by atoms with E-state index in [1.807, 2.05) is 12.1 Å². The minimum atomic E-state index is -0.0561. The quantitative estimate of drug-likeness (QED) is 0.647. The highest BCUT2D eigenvalue weighted by atomic mass is 79.9. The van der Waals surface area contributed by atoms with Crippen LogP contribution in [0.25, 0.3) is 0 Å². The summed E-state index contributed by atoms with van der Waals surface area (Å²) in [7, 11) is 0. The van der Waals surface area contributed by atoms with E-state index in [4.69, 9.17) is 16.3 Å². The molecular weight excluding hydrogens is 331 g/mol. The average molecular weight is 340 g/mol. The van der Waals surface area contributed by atoms with Crippen LogP contribution in [0.5, 0.6) is 0 Å². The number of ether oxygens (including phenoxy) is 1. The highest BCUT2D eigenvalue weighted by Gasteiger charge is 2.21. The molecule has 0 spiro atoms. The summed E-state index contributed by atoms with van der Waals surface area (Å²) in [6, 6.07) is 4.06. The molecule has 2 rings (SSSR count). The summed E-state index contributed by atoms with van der Waals surface area (Å²) >= 11 is 13.3. The van der Waals surface area contributed by atoms with E-state index in [2.05, 4.69) is 31.9 Å². The summed E-state index contributed by atoms with van der Waals surface area (Å²) in [5.74, 6) is 0. The summed E-state index contributed by atoms with van der Waals surface area (Å²) in [6.45, 7) is 1.33. The first-order chi connectivity index (χ1) is 6.70. The van der Waals surface area contributed by atoms with E-state index in [1.54, 1.807) is 0 Å². The molecule has 0 fully saturated rings. The molecule has 0 aromatic heterocycles. The molecule has 4 heteroatoms. The molecule has 1 atom stereocenters. The summed E-state index contributed by atoms with van der Waals surface area (Å²) in [4.78, 5) is 0. The van der Waals surface area contributed by atoms with Crippen LogP contribution >= 0.6 is 43.5 Å². The van der Waals surface area contributed by atoms with Crippen LogP contribution in [0, 0.1) is 0 Å². The highest BCUT2D eigenvalue weighted by Crippen LogP contribution is 2.37. The number of hydrogen-bond donors (Lipinski definition) is 0. The van der Waals surface area contributed by atoms with E-state index in [0.717, 1.165) is 22.0 Å². The van der Waals surface area contributed by atoms with Crippen molar-refractivity contribution in [1.29, 1.82) is 0 Å². The normalized spacial score (nSPS) is 21.5. The lowest BCUT2D eigenvalue weighted by atomic mass is 10.0. The molecule has 0 saturated carbocycles. The maximum absolute atomic E-state index is 6.25. The molecule has 0 saturated heterocycles. The fourth-order valence-electron chi connectivity index (χ4n) is 1.65. The van der Waals surface area contributed by atoms with Gasteiger partial charge in [-0.25, -0.2) is 0 Å². The second-order valence-corrected chi connectivity index (χ2v) is 5.45. The molecule has 1 aromatic rings. The van der Waals surface area contributed by atoms with Gasteiger partial charge in [0.25, 0.3) is 0 Å². The van der Waals surface area contributed by atoms with Gasteiger partial charge in [0.15, 0.2) is 0 Å². The average Bonchev–Trinajstić information content (AvgIpc) is 2.35. The van der Waals surface area contributed by atoms with Crippen molar-refractivity contribution in [3.05, 3.63) is 32.2 Å². The summed E-state index contributed by atoms with van der Waals surface area (Å²) < 4.78 is 7.61. The highest BCUT2D eigenvalue weighted by molar-refractivity contribution is 9.11. The van der Waals surface area contributed by atoms with Gasteiger partial charge < -0.3 is 4.74 Å². The van der Waals surface area contributed by atoms with Crippen molar-refractivity contribution in [3.8, 4) is 0 Å². The third-order valence-electron chi connectivity index (χ3n) is 2.32. The van der Waals surface area contributed by atoms with Crippen LogP contribution in [0.4, 0.5) is 0 Å². The monoisotopic (exact) mass is 338 g/mol. The van der Waals surface area contributed by atoms with Crippen molar-refractivity contribution in [3.63, 3.8) is 0 Å². The molecule has 0 N–H and O–H groups in total. The Morgan fingerprint density at radius 3 is 2.79 bits per heavy atom. The second-order valence-electron chi connectivity index (χ2n) is 3.21. The van der Waals surface area contributed by atoms with Gasteiger partial charge in [0, 0.05) is 8.95 Å². The van der Waals surface area contributed by atoms with Crippen molar-refractivity contribution < 1.29 is 4.74 Å². The van der Waals surface area contributed by atoms with E-state index in [-0.39, 0.29) is 5.38 Å². The first-order valence-electron chi connectivity index (χ1n) is 4.38. The van der Waals surface area contributed by atoms with Crippen LogP contribution in [0.1, 0.15) is 16.5 Å². The lowest BCUT2D eigenvalue weighted by Gasteiger charge is -2.13. The van der Waals surface area contributed by atoms with Crippen molar-refractivity contribution >= 4 is 43.5 Å². The third kappa shape index (κ3) is 2.01. The van der Waals surface area contributed by atoms with Crippen molar-refractivity contribution in [2.45, 2.75) is 11.8 Å². The minimum Gasteiger partial charge on any atom is -0.379 e. The topological polar surface area (TPSA) is 9.23 Å². The maximum Gasteiger partial charge on any atom is 0.0832 e. The van der Waals surface area contributed by atoms with Crippen molar-refractivity contribution in [1.82, 2.24) is 0 Å². The summed E-state index contributed by atoms with van der Waals surface area (Å²) in [6.07, 6.45) is 0.915. The molecule has 0 amide bonds. The smallest absolute Gasteiger partial charge is 0.0832 e. The van der Waals surface area contributed by atoms with Gasteiger partial charge in [-0.05, 0) is 29.7 Å². The minimum absolute atomic E-state index is 0.0561. The molecule has 76 valence electrons. The number of rotatable bonds is 0. The Kier molecular flexibility index (Phi) is 3.53. The SMILES string of the molecule is ClC1COCCc2c(Br)ccc(Br)c21. The van der Waals surface area contributed by atoms with Crippen LogP contribution in [-0.2, 0) is 11.2 Å². The van der Waals surface area contributed by atoms with Crippen LogP contribution in [-0.4, -0.2) is 13.2 Å². The third-order valence-corrected chi connectivity index (χ3v) is 4.10. The molecule has 1 aromatic carbocycles. The molecule has 0 aliphatic carbocycles. The molecule has 1 heterocycles. The van der Waals surface area contributed by atoms with Crippen molar-refractivity contribution in [2.24, 2.45) is 0 Å². The van der Waals surface area contributed by atoms with Gasteiger partial charge in [0.1, 0.15) is 0 Å². The van der Waals surface area contributed by atoms with Gasteiger partial charge in [-0.1, -0.05) is 31.9 Å². The van der Waals surface area contributed by atoms with Crippen molar-refractivity contribution in [2.75, 3.05) is 13.2 Å². The molecule has 1 aliphatic rings. The molecule has 0 radical (unpaired) electrons. The van der Waals surface area contributed by atoms with Crippen LogP contribution in [0.2, 0.25) is 0 Å². The van der Waals surface area contributed by atoms with Gasteiger partial charge in [-0.15, -0.1) is 11.6 Å². The molecular formula is C10H9Br2ClO. The molecule has 1 aliphatic heterocycles. The first-order valence-corrected chi connectivity index (χ1v) is 6.41. The van der Waals surface area contributed by atoms with Gasteiger partial charge in [-0.3, -0.25) is 0 Å². The van der Waals surface area contributed by atoms with Crippen LogP contribution < -0.4 is 0 Å².